The van der Waals surface area contributed by atoms with Crippen LogP contribution in [0.15, 0.2) is 12.2 Å². The number of rotatable bonds is 11. The van der Waals surface area contributed by atoms with Crippen LogP contribution in [-0.4, -0.2) is 36.1 Å². The summed E-state index contributed by atoms with van der Waals surface area (Å²) in [5, 5.41) is 17.5. The van der Waals surface area contributed by atoms with Gasteiger partial charge in [0.25, 0.3) is 0 Å². The molecule has 0 aliphatic carbocycles. The molecule has 0 aromatic carbocycles. The zero-order chi connectivity index (χ0) is 12.1. The predicted octanol–water partition coefficient (Wildman–Crippen LogP) is 2.27. The Bertz CT molecular complexity index is 157. The topological polar surface area (TPSA) is 49.7 Å². The van der Waals surface area contributed by atoms with Gasteiger partial charge in [0, 0.05) is 6.61 Å². The van der Waals surface area contributed by atoms with Crippen molar-refractivity contribution < 1.29 is 14.9 Å². The summed E-state index contributed by atoms with van der Waals surface area (Å²) in [5.41, 5.74) is 0. The molecule has 0 heterocycles. The fraction of sp³-hybridized carbons (Fsp3) is 0.846. The summed E-state index contributed by atoms with van der Waals surface area (Å²) in [4.78, 5) is 0. The lowest BCUT2D eigenvalue weighted by molar-refractivity contribution is 0.00526. The first kappa shape index (κ1) is 15.6. The van der Waals surface area contributed by atoms with E-state index >= 15 is 0 Å². The molecule has 0 aliphatic rings. The van der Waals surface area contributed by atoms with Crippen molar-refractivity contribution in [3.05, 3.63) is 12.2 Å². The van der Waals surface area contributed by atoms with E-state index in [-0.39, 0.29) is 13.2 Å². The third-order valence-corrected chi connectivity index (χ3v) is 2.33. The van der Waals surface area contributed by atoms with Crippen molar-refractivity contribution in [2.45, 2.75) is 51.6 Å². The smallest absolute Gasteiger partial charge is 0.100 e. The standard InChI is InChI=1S/C13H26O3/c1-2-3-4-5-6-7-8-9-10-16-12-13(15)11-14/h3-4,13-15H,2,5-12H2,1H3/b4-3+. The molecule has 0 aromatic rings. The summed E-state index contributed by atoms with van der Waals surface area (Å²) in [5.74, 6) is 0. The number of aliphatic hydroxyl groups is 2. The average molecular weight is 230 g/mol. The van der Waals surface area contributed by atoms with Gasteiger partial charge < -0.3 is 14.9 Å². The normalized spacial score (nSPS) is 13.4. The summed E-state index contributed by atoms with van der Waals surface area (Å²) >= 11 is 0. The van der Waals surface area contributed by atoms with E-state index in [1.807, 2.05) is 0 Å². The van der Waals surface area contributed by atoms with Crippen LogP contribution in [0.2, 0.25) is 0 Å². The van der Waals surface area contributed by atoms with Gasteiger partial charge in [0.1, 0.15) is 6.10 Å². The summed E-state index contributed by atoms with van der Waals surface area (Å²) in [6.45, 7) is 2.86. The fourth-order valence-corrected chi connectivity index (χ4v) is 1.38. The van der Waals surface area contributed by atoms with Crippen molar-refractivity contribution >= 4 is 0 Å². The van der Waals surface area contributed by atoms with Gasteiger partial charge in [0.05, 0.1) is 13.2 Å². The van der Waals surface area contributed by atoms with Gasteiger partial charge in [0.2, 0.25) is 0 Å². The molecule has 0 aliphatic heterocycles. The number of hydrogen-bond acceptors (Lipinski definition) is 3. The summed E-state index contributed by atoms with van der Waals surface area (Å²) < 4.78 is 5.21. The average Bonchev–Trinajstić information content (AvgIpc) is 2.31. The second kappa shape index (κ2) is 12.7. The molecule has 0 bridgehead atoms. The van der Waals surface area contributed by atoms with Gasteiger partial charge in [0.15, 0.2) is 0 Å². The Morgan fingerprint density at radius 3 is 2.56 bits per heavy atom. The lowest BCUT2D eigenvalue weighted by atomic mass is 10.1. The highest BCUT2D eigenvalue weighted by atomic mass is 16.5. The van der Waals surface area contributed by atoms with Crippen molar-refractivity contribution in [2.24, 2.45) is 0 Å². The van der Waals surface area contributed by atoms with Crippen molar-refractivity contribution in [2.75, 3.05) is 19.8 Å². The Balaban J connectivity index is 3.01. The van der Waals surface area contributed by atoms with Crippen molar-refractivity contribution in [3.8, 4) is 0 Å². The first-order valence-electron chi connectivity index (χ1n) is 6.33. The highest BCUT2D eigenvalue weighted by Crippen LogP contribution is 2.04. The number of allylic oxidation sites excluding steroid dienone is 2. The predicted molar refractivity (Wildman–Crippen MR) is 66.4 cm³/mol. The SMILES string of the molecule is CC/C=C/CCCCCCOCC(O)CO. The van der Waals surface area contributed by atoms with Gasteiger partial charge in [-0.1, -0.05) is 31.9 Å². The maximum atomic E-state index is 9.00. The molecule has 1 atom stereocenters. The van der Waals surface area contributed by atoms with Crippen LogP contribution in [-0.2, 0) is 4.74 Å². The Hall–Kier alpha value is -0.380. The minimum Gasteiger partial charge on any atom is -0.394 e. The zero-order valence-electron chi connectivity index (χ0n) is 10.4. The molecular formula is C13H26O3. The molecule has 1 unspecified atom stereocenters. The van der Waals surface area contributed by atoms with Gasteiger partial charge in [-0.3, -0.25) is 0 Å². The van der Waals surface area contributed by atoms with Crippen LogP contribution in [0.4, 0.5) is 0 Å². The number of unbranched alkanes of at least 4 members (excludes halogenated alkanes) is 4. The van der Waals surface area contributed by atoms with Crippen LogP contribution in [0.1, 0.15) is 45.4 Å². The summed E-state index contributed by atoms with van der Waals surface area (Å²) in [7, 11) is 0. The van der Waals surface area contributed by atoms with E-state index in [9.17, 15) is 0 Å². The van der Waals surface area contributed by atoms with Gasteiger partial charge in [-0.2, -0.15) is 0 Å². The van der Waals surface area contributed by atoms with Crippen LogP contribution >= 0.6 is 0 Å². The highest BCUT2D eigenvalue weighted by molar-refractivity contribution is 4.79. The van der Waals surface area contributed by atoms with Crippen LogP contribution < -0.4 is 0 Å². The van der Waals surface area contributed by atoms with E-state index in [1.54, 1.807) is 0 Å². The second-order valence-electron chi connectivity index (χ2n) is 3.99. The van der Waals surface area contributed by atoms with Gasteiger partial charge in [-0.05, 0) is 25.7 Å². The second-order valence-corrected chi connectivity index (χ2v) is 3.99. The molecule has 0 spiro atoms. The molecule has 96 valence electrons. The Kier molecular flexibility index (Phi) is 12.4. The molecule has 0 saturated carbocycles. The van der Waals surface area contributed by atoms with Crippen molar-refractivity contribution in [1.82, 2.24) is 0 Å². The van der Waals surface area contributed by atoms with Crippen LogP contribution in [0.5, 0.6) is 0 Å². The Morgan fingerprint density at radius 1 is 1.12 bits per heavy atom. The molecule has 0 amide bonds. The lowest BCUT2D eigenvalue weighted by Crippen LogP contribution is -2.19. The van der Waals surface area contributed by atoms with E-state index in [0.717, 1.165) is 12.8 Å². The van der Waals surface area contributed by atoms with Crippen LogP contribution in [0.3, 0.4) is 0 Å². The van der Waals surface area contributed by atoms with Gasteiger partial charge >= 0.3 is 0 Å². The molecule has 16 heavy (non-hydrogen) atoms. The molecule has 0 radical (unpaired) electrons. The summed E-state index contributed by atoms with van der Waals surface area (Å²) in [6, 6.07) is 0. The molecule has 0 saturated heterocycles. The van der Waals surface area contributed by atoms with E-state index in [1.165, 1.54) is 25.7 Å². The lowest BCUT2D eigenvalue weighted by Gasteiger charge is -2.07. The van der Waals surface area contributed by atoms with Gasteiger partial charge in [-0.15, -0.1) is 0 Å². The Labute approximate surface area is 99.1 Å². The third-order valence-electron chi connectivity index (χ3n) is 2.33. The molecule has 2 N–H and O–H groups in total. The number of aliphatic hydroxyl groups excluding tert-OH is 2. The molecule has 3 heteroatoms. The third kappa shape index (κ3) is 11.7. The Morgan fingerprint density at radius 2 is 1.88 bits per heavy atom. The minimum atomic E-state index is -0.723. The quantitative estimate of drug-likeness (QED) is 0.423. The summed E-state index contributed by atoms with van der Waals surface area (Å²) in [6.07, 6.45) is 10.7. The largest absolute Gasteiger partial charge is 0.394 e. The van der Waals surface area contributed by atoms with E-state index in [4.69, 9.17) is 14.9 Å². The first-order valence-corrected chi connectivity index (χ1v) is 6.33. The minimum absolute atomic E-state index is 0.218. The van der Waals surface area contributed by atoms with E-state index in [0.29, 0.717) is 6.61 Å². The van der Waals surface area contributed by atoms with Crippen molar-refractivity contribution in [3.63, 3.8) is 0 Å². The van der Waals surface area contributed by atoms with E-state index in [2.05, 4.69) is 19.1 Å². The van der Waals surface area contributed by atoms with Crippen LogP contribution in [0.25, 0.3) is 0 Å². The maximum Gasteiger partial charge on any atom is 0.100 e. The molecule has 3 nitrogen and oxygen atoms in total. The van der Waals surface area contributed by atoms with Crippen molar-refractivity contribution in [1.29, 1.82) is 0 Å². The van der Waals surface area contributed by atoms with Gasteiger partial charge in [-0.25, -0.2) is 0 Å². The number of ether oxygens (including phenoxy) is 1. The molecule has 0 rings (SSSR count). The van der Waals surface area contributed by atoms with E-state index < -0.39 is 6.10 Å². The van der Waals surface area contributed by atoms with Crippen LogP contribution in [0, 0.1) is 0 Å². The first-order chi connectivity index (χ1) is 7.81. The fourth-order valence-electron chi connectivity index (χ4n) is 1.38. The monoisotopic (exact) mass is 230 g/mol. The molecular weight excluding hydrogens is 204 g/mol. The maximum absolute atomic E-state index is 9.00. The molecule has 0 fully saturated rings. The highest BCUT2D eigenvalue weighted by Gasteiger charge is 2.00. The zero-order valence-corrected chi connectivity index (χ0v) is 10.4. The number of hydrogen-bond donors (Lipinski definition) is 2. The molecule has 0 aromatic heterocycles.